The van der Waals surface area contributed by atoms with Gasteiger partial charge in [-0.2, -0.15) is 4.31 Å². The fourth-order valence-electron chi connectivity index (χ4n) is 4.29. The van der Waals surface area contributed by atoms with Crippen LogP contribution >= 0.6 is 0 Å². The van der Waals surface area contributed by atoms with Crippen LogP contribution in [-0.4, -0.2) is 52.4 Å². The van der Waals surface area contributed by atoms with Crippen LogP contribution in [0.25, 0.3) is 0 Å². The summed E-state index contributed by atoms with van der Waals surface area (Å²) < 4.78 is 53.6. The molecule has 2 aliphatic rings. The molecule has 2 heterocycles. The highest BCUT2D eigenvalue weighted by Gasteiger charge is 2.29. The summed E-state index contributed by atoms with van der Waals surface area (Å²) in [6.07, 6.45) is 4.35. The van der Waals surface area contributed by atoms with E-state index in [1.165, 1.54) is 10.4 Å². The molecule has 33 heavy (non-hydrogen) atoms. The second-order valence-corrected chi connectivity index (χ2v) is 12.5. The lowest BCUT2D eigenvalue weighted by Gasteiger charge is -2.21. The Labute approximate surface area is 195 Å². The van der Waals surface area contributed by atoms with Crippen molar-refractivity contribution in [1.82, 2.24) is 4.31 Å². The monoisotopic (exact) mass is 491 g/mol. The van der Waals surface area contributed by atoms with Gasteiger partial charge in [-0.3, -0.25) is 9.10 Å². The Morgan fingerprint density at radius 1 is 0.909 bits per heavy atom. The van der Waals surface area contributed by atoms with Gasteiger partial charge in [0, 0.05) is 30.9 Å². The largest absolute Gasteiger partial charge is 0.322 e. The molecule has 1 N–H and O–H groups in total. The zero-order valence-corrected chi connectivity index (χ0v) is 20.3. The van der Waals surface area contributed by atoms with Gasteiger partial charge in [0.25, 0.3) is 5.91 Å². The fourth-order valence-corrected chi connectivity index (χ4v) is 7.62. The first-order chi connectivity index (χ1) is 15.7. The number of nitrogens with zero attached hydrogens (tertiary/aromatic N) is 2. The van der Waals surface area contributed by atoms with Crippen molar-refractivity contribution in [2.45, 2.75) is 43.9 Å². The molecular weight excluding hydrogens is 462 g/mol. The van der Waals surface area contributed by atoms with Crippen LogP contribution in [0.1, 0.15) is 48.0 Å². The molecule has 0 saturated carbocycles. The number of rotatable bonds is 5. The quantitative estimate of drug-likeness (QED) is 0.691. The molecule has 2 fully saturated rings. The first-order valence-electron chi connectivity index (χ1n) is 11.2. The maximum atomic E-state index is 13.2. The van der Waals surface area contributed by atoms with Crippen LogP contribution in [0.4, 0.5) is 11.4 Å². The molecule has 8 nitrogen and oxygen atoms in total. The number of carbonyl (C=O) groups is 1. The third-order valence-electron chi connectivity index (χ3n) is 6.15. The van der Waals surface area contributed by atoms with Gasteiger partial charge in [0.15, 0.2) is 0 Å². The number of sulfonamides is 2. The van der Waals surface area contributed by atoms with Crippen molar-refractivity contribution in [3.05, 3.63) is 53.6 Å². The van der Waals surface area contributed by atoms with E-state index in [1.807, 2.05) is 0 Å². The predicted molar refractivity (Wildman–Crippen MR) is 129 cm³/mol. The van der Waals surface area contributed by atoms with Crippen LogP contribution in [0.5, 0.6) is 0 Å². The minimum atomic E-state index is -3.65. The Morgan fingerprint density at radius 3 is 2.18 bits per heavy atom. The highest BCUT2D eigenvalue weighted by molar-refractivity contribution is 7.93. The van der Waals surface area contributed by atoms with Gasteiger partial charge >= 0.3 is 0 Å². The Morgan fingerprint density at radius 2 is 1.58 bits per heavy atom. The summed E-state index contributed by atoms with van der Waals surface area (Å²) in [6, 6.07) is 11.3. The van der Waals surface area contributed by atoms with E-state index < -0.39 is 26.0 Å². The lowest BCUT2D eigenvalue weighted by molar-refractivity contribution is 0.102. The molecule has 4 rings (SSSR count). The second-order valence-electron chi connectivity index (χ2n) is 8.54. The van der Waals surface area contributed by atoms with Crippen LogP contribution in [0.3, 0.4) is 0 Å². The first-order valence-corrected chi connectivity index (χ1v) is 14.3. The summed E-state index contributed by atoms with van der Waals surface area (Å²) in [5.41, 5.74) is 1.91. The van der Waals surface area contributed by atoms with Gasteiger partial charge in [-0.1, -0.05) is 18.9 Å². The molecule has 0 aliphatic carbocycles. The third-order valence-corrected chi connectivity index (χ3v) is 10.1. The zero-order valence-electron chi connectivity index (χ0n) is 18.7. The lowest BCUT2D eigenvalue weighted by atomic mass is 10.1. The number of nitrogens with one attached hydrogen (secondary N) is 1. The summed E-state index contributed by atoms with van der Waals surface area (Å²) in [5, 5.41) is 2.76. The fraction of sp³-hybridized carbons (Fsp3) is 0.435. The van der Waals surface area contributed by atoms with Gasteiger partial charge in [-0.05, 0) is 68.1 Å². The van der Waals surface area contributed by atoms with Crippen molar-refractivity contribution in [3.63, 3.8) is 0 Å². The van der Waals surface area contributed by atoms with Crippen LogP contribution in [0.15, 0.2) is 47.4 Å². The number of benzene rings is 2. The molecule has 0 radical (unpaired) electrons. The summed E-state index contributed by atoms with van der Waals surface area (Å²) in [4.78, 5) is 13.0. The van der Waals surface area contributed by atoms with Crippen LogP contribution in [0.2, 0.25) is 0 Å². The molecule has 0 bridgehead atoms. The minimum Gasteiger partial charge on any atom is -0.322 e. The summed E-state index contributed by atoms with van der Waals surface area (Å²) in [7, 11) is -6.93. The van der Waals surface area contributed by atoms with Crippen molar-refractivity contribution >= 4 is 37.3 Å². The summed E-state index contributed by atoms with van der Waals surface area (Å²) >= 11 is 0. The van der Waals surface area contributed by atoms with Gasteiger partial charge in [-0.25, -0.2) is 16.8 Å². The van der Waals surface area contributed by atoms with Gasteiger partial charge in [-0.15, -0.1) is 0 Å². The normalized spacial score (nSPS) is 19.2. The average molecular weight is 492 g/mol. The molecule has 2 aliphatic heterocycles. The molecule has 0 unspecified atom stereocenters. The molecule has 0 aromatic heterocycles. The topological polar surface area (TPSA) is 104 Å². The van der Waals surface area contributed by atoms with Crippen LogP contribution in [-0.2, 0) is 20.0 Å². The molecular formula is C23H29N3O5S2. The van der Waals surface area contributed by atoms with Crippen molar-refractivity contribution < 1.29 is 21.6 Å². The molecule has 178 valence electrons. The maximum Gasteiger partial charge on any atom is 0.255 e. The molecule has 10 heteroatoms. The van der Waals surface area contributed by atoms with Gasteiger partial charge in [0.1, 0.15) is 0 Å². The Balaban J connectivity index is 1.52. The number of hydrogen-bond donors (Lipinski definition) is 1. The number of aryl methyl sites for hydroxylation is 1. The van der Waals surface area contributed by atoms with Crippen molar-refractivity contribution in [3.8, 4) is 0 Å². The zero-order chi connectivity index (χ0) is 23.6. The van der Waals surface area contributed by atoms with Crippen molar-refractivity contribution in [1.29, 1.82) is 0 Å². The van der Waals surface area contributed by atoms with Crippen LogP contribution in [0, 0.1) is 6.92 Å². The Bertz CT molecular complexity index is 1230. The Hall–Kier alpha value is -2.43. The van der Waals surface area contributed by atoms with E-state index in [-0.39, 0.29) is 10.6 Å². The molecule has 2 saturated heterocycles. The SMILES string of the molecule is Cc1ccc(NC(=O)c2ccc(N3CCCS3(=O)=O)cc2)cc1S(=O)(=O)N1CCCCCC1. The highest BCUT2D eigenvalue weighted by atomic mass is 32.2. The number of hydrogen-bond acceptors (Lipinski definition) is 5. The van der Waals surface area contributed by atoms with E-state index in [0.717, 1.165) is 25.7 Å². The summed E-state index contributed by atoms with van der Waals surface area (Å²) in [5.74, 6) is -0.265. The smallest absolute Gasteiger partial charge is 0.255 e. The second kappa shape index (κ2) is 9.44. The predicted octanol–water partition coefficient (Wildman–Crippen LogP) is 3.35. The molecule has 1 amide bonds. The first kappa shape index (κ1) is 23.7. The molecule has 0 atom stereocenters. The van der Waals surface area contributed by atoms with E-state index in [1.54, 1.807) is 47.6 Å². The van der Waals surface area contributed by atoms with Gasteiger partial charge in [0.05, 0.1) is 16.3 Å². The number of carbonyl (C=O) groups excluding carboxylic acids is 1. The summed E-state index contributed by atoms with van der Waals surface area (Å²) in [6.45, 7) is 3.21. The van der Waals surface area contributed by atoms with Crippen molar-refractivity contribution in [2.24, 2.45) is 0 Å². The van der Waals surface area contributed by atoms with Gasteiger partial charge < -0.3 is 5.32 Å². The third kappa shape index (κ3) is 5.07. The minimum absolute atomic E-state index is 0.130. The van der Waals surface area contributed by atoms with E-state index in [4.69, 9.17) is 0 Å². The molecule has 2 aromatic carbocycles. The highest BCUT2D eigenvalue weighted by Crippen LogP contribution is 2.27. The van der Waals surface area contributed by atoms with E-state index >= 15 is 0 Å². The van der Waals surface area contributed by atoms with E-state index in [2.05, 4.69) is 5.32 Å². The maximum absolute atomic E-state index is 13.2. The number of anilines is 2. The average Bonchev–Trinajstić information content (AvgIpc) is 2.97. The van der Waals surface area contributed by atoms with Crippen LogP contribution < -0.4 is 9.62 Å². The van der Waals surface area contributed by atoms with Gasteiger partial charge in [0.2, 0.25) is 20.0 Å². The number of amides is 1. The lowest BCUT2D eigenvalue weighted by Crippen LogP contribution is -2.32. The standard InChI is InChI=1S/C23H29N3O5S2/c1-18-7-10-20(17-22(18)33(30,31)25-13-4-2-3-5-14-25)24-23(27)19-8-11-21(12-9-19)26-15-6-16-32(26,28)29/h7-12,17H,2-6,13-16H2,1H3,(H,24,27). The molecule has 0 spiro atoms. The molecule has 2 aromatic rings. The Kier molecular flexibility index (Phi) is 6.78. The van der Waals surface area contributed by atoms with E-state index in [9.17, 15) is 21.6 Å². The van der Waals surface area contributed by atoms with Crippen molar-refractivity contribution in [2.75, 3.05) is 35.0 Å². The van der Waals surface area contributed by atoms with E-state index in [0.29, 0.717) is 48.6 Å².